The van der Waals surface area contributed by atoms with E-state index >= 15 is 0 Å². The Kier molecular flexibility index (Phi) is 7.89. The van der Waals surface area contributed by atoms with E-state index in [1.807, 2.05) is 86.5 Å². The fraction of sp³-hybridized carbons (Fsp3) is 0.297. The molecule has 0 radical (unpaired) electrons. The van der Waals surface area contributed by atoms with Gasteiger partial charge in [-0.1, -0.05) is 30.3 Å². The Morgan fingerprint density at radius 3 is 2.43 bits per heavy atom. The van der Waals surface area contributed by atoms with E-state index in [0.29, 0.717) is 46.1 Å². The van der Waals surface area contributed by atoms with Gasteiger partial charge in [0.25, 0.3) is 5.56 Å². The number of benzene rings is 3. The van der Waals surface area contributed by atoms with Crippen LogP contribution in [0.25, 0.3) is 11.0 Å². The SMILES string of the molecule is CC1CCC(Nc2ccc(Nc3ncc4cc(N(C)c5ccccc5)c(=O)n(C5C(=O)c6ccccc6OC5(C)C)c4n3)cc2)CN1. The number of hydrogen-bond donors (Lipinski definition) is 3. The van der Waals surface area contributed by atoms with Crippen molar-refractivity contribution in [3.8, 4) is 5.75 Å². The Hall–Kier alpha value is -5.22. The standard InChI is InChI=1S/C37H39N7O3/c1-23-14-15-27(22-38-23)40-25-16-18-26(19-17-25)41-36-39-21-24-20-30(43(4)28-10-6-5-7-11-28)35(46)44(34(24)42-36)33-32(45)29-12-8-9-13-31(29)47-37(33,2)3/h5-13,16-21,23,27,33,38,40H,14-15,22H2,1-4H3,(H,39,41,42). The molecule has 2 aromatic heterocycles. The Morgan fingerprint density at radius 1 is 0.957 bits per heavy atom. The summed E-state index contributed by atoms with van der Waals surface area (Å²) in [7, 11) is 1.84. The molecule has 2 aliphatic heterocycles. The molecular formula is C37H39N7O3. The number of carbonyl (C=O) groups excluding carboxylic acids is 1. The van der Waals surface area contributed by atoms with Gasteiger partial charge in [0.1, 0.15) is 28.7 Å². The minimum absolute atomic E-state index is 0.210. The number of ketones is 1. The maximum Gasteiger partial charge on any atom is 0.276 e. The molecule has 3 atom stereocenters. The van der Waals surface area contributed by atoms with Crippen LogP contribution in [0.5, 0.6) is 5.75 Å². The number of fused-ring (bicyclic) bond motifs is 2. The van der Waals surface area contributed by atoms with Crippen LogP contribution in [0.15, 0.2) is 95.9 Å². The molecule has 4 heterocycles. The Morgan fingerprint density at radius 2 is 1.68 bits per heavy atom. The predicted octanol–water partition coefficient (Wildman–Crippen LogP) is 6.45. The van der Waals surface area contributed by atoms with Crippen molar-refractivity contribution in [3.05, 3.63) is 107 Å². The van der Waals surface area contributed by atoms with Gasteiger partial charge in [0.15, 0.2) is 5.78 Å². The molecular weight excluding hydrogens is 590 g/mol. The summed E-state index contributed by atoms with van der Waals surface area (Å²) in [4.78, 5) is 40.1. The van der Waals surface area contributed by atoms with Crippen molar-refractivity contribution in [2.24, 2.45) is 0 Å². The Balaban J connectivity index is 1.28. The Labute approximate surface area is 273 Å². The van der Waals surface area contributed by atoms with E-state index in [1.165, 1.54) is 4.57 Å². The van der Waals surface area contributed by atoms with Crippen molar-refractivity contribution in [2.45, 2.75) is 57.3 Å². The summed E-state index contributed by atoms with van der Waals surface area (Å²) in [5.74, 6) is 0.597. The summed E-state index contributed by atoms with van der Waals surface area (Å²) in [6.45, 7) is 6.82. The minimum atomic E-state index is -1.06. The van der Waals surface area contributed by atoms with Crippen LogP contribution in [0.1, 0.15) is 50.0 Å². The molecule has 1 saturated heterocycles. The first kappa shape index (κ1) is 30.4. The molecule has 10 nitrogen and oxygen atoms in total. The van der Waals surface area contributed by atoms with Crippen LogP contribution < -0.4 is 31.1 Å². The second-order valence-electron chi connectivity index (χ2n) is 13.0. The normalized spacial score (nSPS) is 20.3. The number of nitrogens with zero attached hydrogens (tertiary/aromatic N) is 4. The zero-order valence-corrected chi connectivity index (χ0v) is 27.0. The van der Waals surface area contributed by atoms with Crippen LogP contribution in [0.3, 0.4) is 0 Å². The lowest BCUT2D eigenvalue weighted by molar-refractivity contribution is 0.0305. The fourth-order valence-corrected chi connectivity index (χ4v) is 6.56. The average Bonchev–Trinajstić information content (AvgIpc) is 3.07. The third kappa shape index (κ3) is 5.92. The molecule has 3 N–H and O–H groups in total. The third-order valence-corrected chi connectivity index (χ3v) is 9.12. The van der Waals surface area contributed by atoms with Crippen molar-refractivity contribution >= 4 is 45.5 Å². The number of piperidine rings is 1. The summed E-state index contributed by atoms with van der Waals surface area (Å²) in [6.07, 6.45) is 3.96. The number of aromatic nitrogens is 3. The maximum absolute atomic E-state index is 14.6. The van der Waals surface area contributed by atoms with E-state index in [-0.39, 0.29) is 11.3 Å². The lowest BCUT2D eigenvalue weighted by Crippen LogP contribution is -2.50. The highest BCUT2D eigenvalue weighted by Crippen LogP contribution is 2.40. The Bertz CT molecular complexity index is 1980. The number of ether oxygens (including phenoxy) is 1. The zero-order chi connectivity index (χ0) is 32.7. The van der Waals surface area contributed by atoms with Gasteiger partial charge in [-0.2, -0.15) is 4.98 Å². The second kappa shape index (κ2) is 12.2. The largest absolute Gasteiger partial charge is 0.484 e. The number of nitrogens with one attached hydrogen (secondary N) is 3. The number of para-hydroxylation sites is 2. The van der Waals surface area contributed by atoms with E-state index in [0.717, 1.165) is 36.4 Å². The van der Waals surface area contributed by atoms with Crippen molar-refractivity contribution in [3.63, 3.8) is 0 Å². The quantitative estimate of drug-likeness (QED) is 0.187. The van der Waals surface area contributed by atoms with Crippen LogP contribution in [-0.4, -0.2) is 51.6 Å². The first-order valence-electron chi connectivity index (χ1n) is 16.1. The summed E-state index contributed by atoms with van der Waals surface area (Å²) in [6, 6.07) is 26.5. The number of carbonyl (C=O) groups is 1. The van der Waals surface area contributed by atoms with Crippen LogP contribution in [-0.2, 0) is 0 Å². The number of anilines is 5. The van der Waals surface area contributed by atoms with Crippen LogP contribution in [0.2, 0.25) is 0 Å². The molecule has 0 saturated carbocycles. The number of Topliss-reactive ketones (excluding diaryl/α,β-unsaturated/α-hetero) is 1. The first-order chi connectivity index (χ1) is 22.7. The maximum atomic E-state index is 14.6. The molecule has 1 fully saturated rings. The highest BCUT2D eigenvalue weighted by Gasteiger charge is 2.46. The van der Waals surface area contributed by atoms with Crippen molar-refractivity contribution in [2.75, 3.05) is 29.1 Å². The molecule has 0 bridgehead atoms. The highest BCUT2D eigenvalue weighted by atomic mass is 16.5. The predicted molar refractivity (Wildman–Crippen MR) is 187 cm³/mol. The van der Waals surface area contributed by atoms with Gasteiger partial charge in [-0.3, -0.25) is 14.2 Å². The van der Waals surface area contributed by atoms with E-state index < -0.39 is 11.6 Å². The average molecular weight is 630 g/mol. The van der Waals surface area contributed by atoms with Gasteiger partial charge in [0.2, 0.25) is 5.95 Å². The fourth-order valence-electron chi connectivity index (χ4n) is 6.56. The summed E-state index contributed by atoms with van der Waals surface area (Å²) in [5.41, 5.74) is 2.41. The van der Waals surface area contributed by atoms with E-state index in [1.54, 1.807) is 30.5 Å². The smallest absolute Gasteiger partial charge is 0.276 e. The zero-order valence-electron chi connectivity index (χ0n) is 27.0. The number of pyridine rings is 1. The number of hydrogen-bond acceptors (Lipinski definition) is 9. The first-order valence-corrected chi connectivity index (χ1v) is 16.1. The van der Waals surface area contributed by atoms with Gasteiger partial charge in [0.05, 0.1) is 5.56 Å². The van der Waals surface area contributed by atoms with Gasteiger partial charge < -0.3 is 25.6 Å². The molecule has 3 aromatic carbocycles. The molecule has 10 heteroatoms. The lowest BCUT2D eigenvalue weighted by atomic mass is 9.87. The molecule has 5 aromatic rings. The van der Waals surface area contributed by atoms with Gasteiger partial charge in [-0.05, 0) is 88.2 Å². The van der Waals surface area contributed by atoms with E-state index in [9.17, 15) is 9.59 Å². The lowest BCUT2D eigenvalue weighted by Gasteiger charge is -2.40. The van der Waals surface area contributed by atoms with Crippen LogP contribution >= 0.6 is 0 Å². The summed E-state index contributed by atoms with van der Waals surface area (Å²) in [5, 5.41) is 11.0. The molecule has 0 spiro atoms. The monoisotopic (exact) mass is 629 g/mol. The molecule has 2 aliphatic rings. The van der Waals surface area contributed by atoms with Gasteiger partial charge in [0, 0.05) is 54.3 Å². The molecule has 240 valence electrons. The topological polar surface area (TPSA) is 113 Å². The summed E-state index contributed by atoms with van der Waals surface area (Å²) >= 11 is 0. The molecule has 3 unspecified atom stereocenters. The van der Waals surface area contributed by atoms with Gasteiger partial charge in [-0.15, -0.1) is 0 Å². The third-order valence-electron chi connectivity index (χ3n) is 9.12. The second-order valence-corrected chi connectivity index (χ2v) is 13.0. The van der Waals surface area contributed by atoms with E-state index in [2.05, 4.69) is 27.9 Å². The highest BCUT2D eigenvalue weighted by molar-refractivity contribution is 6.04. The summed E-state index contributed by atoms with van der Waals surface area (Å²) < 4.78 is 7.87. The van der Waals surface area contributed by atoms with E-state index in [4.69, 9.17) is 9.72 Å². The molecule has 0 aliphatic carbocycles. The molecule has 47 heavy (non-hydrogen) atoms. The number of rotatable bonds is 7. The van der Waals surface area contributed by atoms with Gasteiger partial charge >= 0.3 is 0 Å². The van der Waals surface area contributed by atoms with Crippen LogP contribution in [0, 0.1) is 0 Å². The molecule has 0 amide bonds. The van der Waals surface area contributed by atoms with Gasteiger partial charge in [-0.25, -0.2) is 4.98 Å². The van der Waals surface area contributed by atoms with Crippen LogP contribution in [0.4, 0.5) is 28.7 Å². The minimum Gasteiger partial charge on any atom is -0.484 e. The molecule has 7 rings (SSSR count). The van der Waals surface area contributed by atoms with Crippen molar-refractivity contribution < 1.29 is 9.53 Å². The van der Waals surface area contributed by atoms with Crippen molar-refractivity contribution in [1.82, 2.24) is 19.9 Å². The van der Waals surface area contributed by atoms with Crippen molar-refractivity contribution in [1.29, 1.82) is 0 Å².